The van der Waals surface area contributed by atoms with Crippen LogP contribution in [0.4, 0.5) is 0 Å². The first kappa shape index (κ1) is 31.8. The van der Waals surface area contributed by atoms with Crippen LogP contribution in [0.2, 0.25) is 0 Å². The van der Waals surface area contributed by atoms with Gasteiger partial charge in [-0.25, -0.2) is 0 Å². The van der Waals surface area contributed by atoms with E-state index in [0.29, 0.717) is 18.8 Å². The molecule has 18 atom stereocenters. The molecule has 0 aromatic heterocycles. The van der Waals surface area contributed by atoms with Gasteiger partial charge in [0.05, 0.1) is 36.6 Å². The summed E-state index contributed by atoms with van der Waals surface area (Å²) in [6.45, 7) is 14.7. The standard InChI is InChI=1S/C35H56O10/c1-16-12-18-27(30(4,5)41)45-35(44-18)14-32(7)26-22(39)21(38)25-29(2,3)19(43-28-23(40)20(37)17(36)13-42-28)8-9-33(25)15-34(26,33)11-10-31(32,6)24(16)35/h16-28,36-41H,8-15H2,1-7H3/t16-,17-,18-,19+,20+,21+,22+,23-,24-,25-,26-,27+,28+,31-,32+,33-,34+,35-/m1/s1. The lowest BCUT2D eigenvalue weighted by Gasteiger charge is -2.65. The molecule has 2 bridgehead atoms. The van der Waals surface area contributed by atoms with Crippen molar-refractivity contribution < 1.29 is 49.6 Å². The molecule has 10 nitrogen and oxygen atoms in total. The first-order valence-electron chi connectivity index (χ1n) is 17.6. The zero-order valence-corrected chi connectivity index (χ0v) is 28.0. The third kappa shape index (κ3) is 3.66. The Morgan fingerprint density at radius 1 is 0.756 bits per heavy atom. The van der Waals surface area contributed by atoms with Crippen LogP contribution in [0, 0.1) is 50.7 Å². The summed E-state index contributed by atoms with van der Waals surface area (Å²) >= 11 is 0. The Morgan fingerprint density at radius 3 is 2.11 bits per heavy atom. The molecule has 0 aromatic rings. The van der Waals surface area contributed by atoms with Crippen LogP contribution < -0.4 is 0 Å². The molecule has 0 unspecified atom stereocenters. The SMILES string of the molecule is C[C@@H]1C[C@H]2O[C@]3(C[C@@]4(C)[C@H]5[C@@H](O)[C@H](O)[C@@H]6C(C)(C)[C@@H](O[C@@H]7OC[C@@H](O)[C@H](O)[C@H]7O)CC[C@@]67C[C@@]57CC[C@]4(C)[C@@H]13)O[C@@H]2C(C)(C)O. The maximum absolute atomic E-state index is 12.4. The quantitative estimate of drug-likeness (QED) is 0.254. The van der Waals surface area contributed by atoms with E-state index in [2.05, 4.69) is 34.6 Å². The van der Waals surface area contributed by atoms with Gasteiger partial charge in [-0.3, -0.25) is 0 Å². The minimum Gasteiger partial charge on any atom is -0.390 e. The topological polar surface area (TPSA) is 158 Å². The summed E-state index contributed by atoms with van der Waals surface area (Å²) in [5, 5.41) is 66.5. The van der Waals surface area contributed by atoms with Crippen molar-refractivity contribution in [2.45, 2.75) is 160 Å². The fraction of sp³-hybridized carbons (Fsp3) is 1.00. The lowest BCUT2D eigenvalue weighted by molar-refractivity contribution is -0.311. The minimum absolute atomic E-state index is 0.116. The second-order valence-electron chi connectivity index (χ2n) is 18.5. The highest BCUT2D eigenvalue weighted by atomic mass is 16.8. The molecular formula is C35H56O10. The molecule has 8 aliphatic rings. The number of fused-ring (bicyclic) bond motifs is 4. The summed E-state index contributed by atoms with van der Waals surface area (Å²) in [5.74, 6) is -0.684. The highest BCUT2D eigenvalue weighted by Crippen LogP contribution is 2.90. The molecule has 0 radical (unpaired) electrons. The van der Waals surface area contributed by atoms with Crippen LogP contribution in [-0.2, 0) is 18.9 Å². The van der Waals surface area contributed by atoms with Crippen molar-refractivity contribution in [1.29, 1.82) is 0 Å². The minimum atomic E-state index is -1.38. The van der Waals surface area contributed by atoms with Gasteiger partial charge in [-0.05, 0) is 91.3 Å². The average Bonchev–Trinajstić information content (AvgIpc) is 3.37. The molecule has 8 fully saturated rings. The van der Waals surface area contributed by atoms with Crippen LogP contribution in [-0.4, -0.2) is 104 Å². The molecule has 8 rings (SSSR count). The molecule has 5 saturated carbocycles. The fourth-order valence-corrected chi connectivity index (χ4v) is 14.1. The van der Waals surface area contributed by atoms with E-state index in [0.717, 1.165) is 32.1 Å². The van der Waals surface area contributed by atoms with Gasteiger partial charge in [0.1, 0.15) is 24.4 Å². The van der Waals surface area contributed by atoms with Crippen molar-refractivity contribution in [3.63, 3.8) is 0 Å². The van der Waals surface area contributed by atoms with Gasteiger partial charge in [0.2, 0.25) is 0 Å². The van der Waals surface area contributed by atoms with Crippen molar-refractivity contribution in [3.8, 4) is 0 Å². The first-order valence-corrected chi connectivity index (χ1v) is 17.6. The smallest absolute Gasteiger partial charge is 0.186 e. The Kier molecular flexibility index (Phi) is 6.53. The van der Waals surface area contributed by atoms with Gasteiger partial charge in [0.25, 0.3) is 0 Å². The number of hydrogen-bond acceptors (Lipinski definition) is 10. The van der Waals surface area contributed by atoms with E-state index in [1.54, 1.807) is 0 Å². The van der Waals surface area contributed by atoms with Gasteiger partial charge in [-0.1, -0.05) is 34.6 Å². The predicted molar refractivity (Wildman–Crippen MR) is 160 cm³/mol. The predicted octanol–water partition coefficient (Wildman–Crippen LogP) is 2.09. The molecular weight excluding hydrogens is 580 g/mol. The third-order valence-corrected chi connectivity index (χ3v) is 15.7. The van der Waals surface area contributed by atoms with Gasteiger partial charge < -0.3 is 49.6 Å². The molecule has 10 heteroatoms. The second-order valence-corrected chi connectivity index (χ2v) is 18.5. The van der Waals surface area contributed by atoms with Gasteiger partial charge in [0, 0.05) is 18.3 Å². The van der Waals surface area contributed by atoms with E-state index in [-0.39, 0.29) is 58.2 Å². The largest absolute Gasteiger partial charge is 0.390 e. The Hall–Kier alpha value is -0.400. The summed E-state index contributed by atoms with van der Waals surface area (Å²) in [6, 6.07) is 0. The van der Waals surface area contributed by atoms with Gasteiger partial charge >= 0.3 is 0 Å². The summed E-state index contributed by atoms with van der Waals surface area (Å²) in [4.78, 5) is 0. The molecule has 256 valence electrons. The number of rotatable bonds is 3. The molecule has 45 heavy (non-hydrogen) atoms. The molecule has 5 aliphatic carbocycles. The molecule has 3 heterocycles. The van der Waals surface area contributed by atoms with Gasteiger partial charge in [-0.15, -0.1) is 0 Å². The van der Waals surface area contributed by atoms with Crippen molar-refractivity contribution in [2.75, 3.05) is 6.61 Å². The van der Waals surface area contributed by atoms with E-state index in [9.17, 15) is 30.6 Å². The van der Waals surface area contributed by atoms with Crippen LogP contribution >= 0.6 is 0 Å². The lowest BCUT2D eigenvalue weighted by Crippen LogP contribution is -2.67. The van der Waals surface area contributed by atoms with Crippen LogP contribution in [0.5, 0.6) is 0 Å². The number of ether oxygens (including phenoxy) is 4. The second kappa shape index (κ2) is 9.23. The highest BCUT2D eigenvalue weighted by molar-refractivity contribution is 5.35. The third-order valence-electron chi connectivity index (χ3n) is 15.7. The van der Waals surface area contributed by atoms with E-state index in [4.69, 9.17) is 18.9 Å². The number of aliphatic hydroxyl groups is 6. The number of hydrogen-bond donors (Lipinski definition) is 6. The zero-order chi connectivity index (χ0) is 32.5. The average molecular weight is 637 g/mol. The highest BCUT2D eigenvalue weighted by Gasteiger charge is 2.88. The molecule has 3 aliphatic heterocycles. The van der Waals surface area contributed by atoms with Crippen LogP contribution in [0.15, 0.2) is 0 Å². The Bertz CT molecular complexity index is 1240. The maximum Gasteiger partial charge on any atom is 0.186 e. The monoisotopic (exact) mass is 636 g/mol. The van der Waals surface area contributed by atoms with Crippen molar-refractivity contribution >= 4 is 0 Å². The fourth-order valence-electron chi connectivity index (χ4n) is 14.1. The van der Waals surface area contributed by atoms with Gasteiger partial charge in [0.15, 0.2) is 12.1 Å². The van der Waals surface area contributed by atoms with Crippen LogP contribution in [0.1, 0.15) is 93.4 Å². The van der Waals surface area contributed by atoms with E-state index in [1.807, 2.05) is 13.8 Å². The Morgan fingerprint density at radius 2 is 1.42 bits per heavy atom. The molecule has 0 amide bonds. The molecule has 3 saturated heterocycles. The molecule has 6 N–H and O–H groups in total. The molecule has 3 spiro atoms. The maximum atomic E-state index is 12.4. The van der Waals surface area contributed by atoms with E-state index in [1.165, 1.54) is 0 Å². The van der Waals surface area contributed by atoms with Crippen molar-refractivity contribution in [1.82, 2.24) is 0 Å². The Balaban J connectivity index is 1.12. The summed E-state index contributed by atoms with van der Waals surface area (Å²) in [7, 11) is 0. The molecule has 0 aromatic carbocycles. The van der Waals surface area contributed by atoms with Gasteiger partial charge in [-0.2, -0.15) is 0 Å². The summed E-state index contributed by atoms with van der Waals surface area (Å²) in [6.07, 6.45) is -1.84. The number of aliphatic hydroxyl groups excluding tert-OH is 5. The van der Waals surface area contributed by atoms with E-state index < -0.39 is 59.7 Å². The summed E-state index contributed by atoms with van der Waals surface area (Å²) < 4.78 is 25.7. The van der Waals surface area contributed by atoms with Crippen LogP contribution in [0.25, 0.3) is 0 Å². The normalized spacial score (nSPS) is 62.7. The van der Waals surface area contributed by atoms with E-state index >= 15 is 0 Å². The lowest BCUT2D eigenvalue weighted by atomic mass is 9.40. The summed E-state index contributed by atoms with van der Waals surface area (Å²) in [5.41, 5.74) is -2.36. The van der Waals surface area contributed by atoms with Crippen molar-refractivity contribution in [2.24, 2.45) is 50.7 Å². The zero-order valence-electron chi connectivity index (χ0n) is 28.0. The van der Waals surface area contributed by atoms with Crippen LogP contribution in [0.3, 0.4) is 0 Å². The first-order chi connectivity index (χ1) is 20.8. The Labute approximate surface area is 266 Å². The van der Waals surface area contributed by atoms with Crippen molar-refractivity contribution in [3.05, 3.63) is 0 Å².